The Labute approximate surface area is 264 Å². The molecule has 224 valence electrons. The van der Waals surface area contributed by atoms with Crippen molar-refractivity contribution in [2.24, 2.45) is 17.8 Å². The van der Waals surface area contributed by atoms with Crippen molar-refractivity contribution in [3.8, 4) is 11.5 Å². The van der Waals surface area contributed by atoms with E-state index in [-0.39, 0.29) is 48.3 Å². The van der Waals surface area contributed by atoms with Gasteiger partial charge in [0.2, 0.25) is 17.7 Å². The Morgan fingerprint density at radius 2 is 1.33 bits per heavy atom. The first-order chi connectivity index (χ1) is 21.9. The van der Waals surface area contributed by atoms with E-state index in [1.165, 1.54) is 16.9 Å². The minimum atomic E-state index is -0.690. The van der Waals surface area contributed by atoms with Gasteiger partial charge in [0, 0.05) is 29.8 Å². The number of anilines is 2. The molecule has 2 bridgehead atoms. The van der Waals surface area contributed by atoms with Crippen LogP contribution >= 0.6 is 11.6 Å². The van der Waals surface area contributed by atoms with Gasteiger partial charge in [-0.3, -0.25) is 19.2 Å². The number of amides is 3. The summed E-state index contributed by atoms with van der Waals surface area (Å²) in [6.45, 7) is 0.124. The summed E-state index contributed by atoms with van der Waals surface area (Å²) in [6, 6.07) is 27.6. The van der Waals surface area contributed by atoms with Crippen LogP contribution in [0.2, 0.25) is 5.02 Å². The molecule has 45 heavy (non-hydrogen) atoms. The number of halogens is 1. The highest BCUT2D eigenvalue weighted by molar-refractivity contribution is 6.31. The minimum Gasteiger partial charge on any atom is -0.495 e. The number of hydrogen-bond acceptors (Lipinski definition) is 6. The molecule has 0 unspecified atom stereocenters. The molecule has 3 amide bonds. The van der Waals surface area contributed by atoms with Gasteiger partial charge >= 0.3 is 5.97 Å². The monoisotopic (exact) mass is 618 g/mol. The maximum absolute atomic E-state index is 14.0. The number of carbonyl (C=O) groups is 4. The average molecular weight is 619 g/mol. The Morgan fingerprint density at radius 3 is 1.87 bits per heavy atom. The molecular weight excluding hydrogens is 592 g/mol. The normalized spacial score (nSPS) is 24.4. The van der Waals surface area contributed by atoms with Crippen LogP contribution in [0.5, 0.6) is 11.5 Å². The molecule has 0 radical (unpaired) electrons. The SMILES string of the molecule is COc1ccc(Cl)cc1N1C[C@H](C(=O)Oc2ccc(N3C(=O)[C@@H]4C5c6ccccc6C(c6ccccc65)[C@H]4C3=O)cc2)CC1=O. The smallest absolute Gasteiger partial charge is 0.316 e. The van der Waals surface area contributed by atoms with Crippen molar-refractivity contribution < 1.29 is 28.7 Å². The standard InChI is InChI=1S/C36H27ClN2O6/c1-44-28-15-10-20(37)17-27(28)38-18-19(16-29(38)40)36(43)45-22-13-11-21(12-14-22)39-34(41)32-30-23-6-2-3-7-24(23)31(33(32)35(39)42)26-9-5-4-8-25(26)30/h2-15,17,19,30-33H,16,18H2,1H3/t19-,30?,31?,32-,33-/m1/s1. The van der Waals surface area contributed by atoms with Crippen molar-refractivity contribution in [3.63, 3.8) is 0 Å². The molecule has 3 aliphatic carbocycles. The van der Waals surface area contributed by atoms with E-state index in [1.54, 1.807) is 42.5 Å². The number of ether oxygens (including phenoxy) is 2. The number of carbonyl (C=O) groups excluding carboxylic acids is 4. The Bertz CT molecular complexity index is 1810. The van der Waals surface area contributed by atoms with Gasteiger partial charge < -0.3 is 14.4 Å². The lowest BCUT2D eigenvalue weighted by Crippen LogP contribution is -2.41. The third-order valence-electron chi connectivity index (χ3n) is 9.65. The summed E-state index contributed by atoms with van der Waals surface area (Å²) in [4.78, 5) is 56.7. The molecule has 8 nitrogen and oxygen atoms in total. The average Bonchev–Trinajstić information content (AvgIpc) is 3.58. The molecule has 5 aliphatic rings. The van der Waals surface area contributed by atoms with Crippen LogP contribution in [0.1, 0.15) is 40.5 Å². The van der Waals surface area contributed by atoms with E-state index >= 15 is 0 Å². The van der Waals surface area contributed by atoms with Gasteiger partial charge in [-0.25, -0.2) is 4.90 Å². The molecule has 2 heterocycles. The lowest BCUT2D eigenvalue weighted by atomic mass is 9.55. The Kier molecular flexibility index (Phi) is 6.32. The van der Waals surface area contributed by atoms with Crippen molar-refractivity contribution in [1.82, 2.24) is 0 Å². The van der Waals surface area contributed by atoms with Crippen LogP contribution in [-0.2, 0) is 19.2 Å². The van der Waals surface area contributed by atoms with Gasteiger partial charge in [0.15, 0.2) is 0 Å². The van der Waals surface area contributed by atoms with Gasteiger partial charge in [0.1, 0.15) is 11.5 Å². The van der Waals surface area contributed by atoms with Crippen LogP contribution in [-0.4, -0.2) is 37.3 Å². The van der Waals surface area contributed by atoms with E-state index in [2.05, 4.69) is 24.3 Å². The fourth-order valence-corrected chi connectivity index (χ4v) is 7.93. The second kappa shape index (κ2) is 10.3. The molecule has 0 aromatic heterocycles. The predicted molar refractivity (Wildman–Crippen MR) is 167 cm³/mol. The van der Waals surface area contributed by atoms with Crippen molar-refractivity contribution in [2.45, 2.75) is 18.3 Å². The van der Waals surface area contributed by atoms with Crippen molar-refractivity contribution in [2.75, 3.05) is 23.5 Å². The lowest BCUT2D eigenvalue weighted by molar-refractivity contribution is -0.139. The maximum Gasteiger partial charge on any atom is 0.316 e. The zero-order valence-corrected chi connectivity index (χ0v) is 24.9. The number of imide groups is 1. The van der Waals surface area contributed by atoms with Crippen molar-refractivity contribution in [3.05, 3.63) is 118 Å². The summed E-state index contributed by atoms with van der Waals surface area (Å²) in [5, 5.41) is 0.445. The third kappa shape index (κ3) is 4.12. The lowest BCUT2D eigenvalue weighted by Gasteiger charge is -2.45. The van der Waals surface area contributed by atoms with Crippen LogP contribution in [0.15, 0.2) is 91.0 Å². The highest BCUT2D eigenvalue weighted by atomic mass is 35.5. The Balaban J connectivity index is 1.01. The molecule has 4 aromatic rings. The topological polar surface area (TPSA) is 93.2 Å². The van der Waals surface area contributed by atoms with E-state index < -0.39 is 23.7 Å². The van der Waals surface area contributed by atoms with Gasteiger partial charge in [-0.15, -0.1) is 0 Å². The van der Waals surface area contributed by atoms with E-state index in [4.69, 9.17) is 21.1 Å². The molecule has 0 saturated carbocycles. The minimum absolute atomic E-state index is 0.0146. The zero-order chi connectivity index (χ0) is 31.0. The first-order valence-corrected chi connectivity index (χ1v) is 15.2. The quantitative estimate of drug-likeness (QED) is 0.162. The maximum atomic E-state index is 14.0. The molecule has 2 saturated heterocycles. The summed E-state index contributed by atoms with van der Waals surface area (Å²) in [5.41, 5.74) is 5.39. The molecule has 9 rings (SSSR count). The molecular formula is C36H27ClN2O6. The first kappa shape index (κ1) is 27.6. The molecule has 0 N–H and O–H groups in total. The number of methoxy groups -OCH3 is 1. The fourth-order valence-electron chi connectivity index (χ4n) is 7.77. The predicted octanol–water partition coefficient (Wildman–Crippen LogP) is 5.70. The number of hydrogen-bond donors (Lipinski definition) is 0. The molecule has 3 atom stereocenters. The highest BCUT2D eigenvalue weighted by Crippen LogP contribution is 2.61. The fraction of sp³-hybridized carbons (Fsp3) is 0.222. The molecule has 2 fully saturated rings. The summed E-state index contributed by atoms with van der Waals surface area (Å²) >= 11 is 6.15. The van der Waals surface area contributed by atoms with E-state index in [0.717, 1.165) is 22.3 Å². The van der Waals surface area contributed by atoms with E-state index in [0.29, 0.717) is 22.1 Å². The van der Waals surface area contributed by atoms with Gasteiger partial charge in [0.05, 0.1) is 36.2 Å². The summed E-state index contributed by atoms with van der Waals surface area (Å²) < 4.78 is 11.0. The van der Waals surface area contributed by atoms with Crippen LogP contribution in [0.25, 0.3) is 0 Å². The van der Waals surface area contributed by atoms with Crippen LogP contribution in [0.3, 0.4) is 0 Å². The molecule has 9 heteroatoms. The summed E-state index contributed by atoms with van der Waals surface area (Å²) in [7, 11) is 1.50. The molecule has 4 aromatic carbocycles. The van der Waals surface area contributed by atoms with Crippen LogP contribution < -0.4 is 19.3 Å². The van der Waals surface area contributed by atoms with Gasteiger partial charge in [-0.2, -0.15) is 0 Å². The van der Waals surface area contributed by atoms with Crippen LogP contribution in [0.4, 0.5) is 11.4 Å². The molecule has 0 spiro atoms. The zero-order valence-electron chi connectivity index (χ0n) is 24.2. The summed E-state index contributed by atoms with van der Waals surface area (Å²) in [6.07, 6.45) is -0.0146. The highest BCUT2D eigenvalue weighted by Gasteiger charge is 2.61. The Hall–Kier alpha value is -4.95. The third-order valence-corrected chi connectivity index (χ3v) is 9.89. The second-order valence-electron chi connectivity index (χ2n) is 11.9. The molecule has 2 aliphatic heterocycles. The van der Waals surface area contributed by atoms with Crippen molar-refractivity contribution >= 4 is 46.7 Å². The van der Waals surface area contributed by atoms with E-state index in [9.17, 15) is 19.2 Å². The van der Waals surface area contributed by atoms with Gasteiger partial charge in [-0.05, 0) is 64.7 Å². The van der Waals surface area contributed by atoms with Gasteiger partial charge in [0.25, 0.3) is 0 Å². The summed E-state index contributed by atoms with van der Waals surface area (Å²) in [5.74, 6) is -2.50. The second-order valence-corrected chi connectivity index (χ2v) is 12.3. The number of benzene rings is 4. The number of rotatable bonds is 5. The van der Waals surface area contributed by atoms with Crippen LogP contribution in [0, 0.1) is 17.8 Å². The van der Waals surface area contributed by atoms with Gasteiger partial charge in [-0.1, -0.05) is 60.1 Å². The number of esters is 1. The number of nitrogens with zero attached hydrogens (tertiary/aromatic N) is 2. The largest absolute Gasteiger partial charge is 0.495 e. The Morgan fingerprint density at radius 1 is 0.778 bits per heavy atom. The van der Waals surface area contributed by atoms with Crippen molar-refractivity contribution in [1.29, 1.82) is 0 Å². The first-order valence-electron chi connectivity index (χ1n) is 14.9. The van der Waals surface area contributed by atoms with E-state index in [1.807, 2.05) is 24.3 Å².